The van der Waals surface area contributed by atoms with Gasteiger partial charge in [0.1, 0.15) is 18.0 Å². The van der Waals surface area contributed by atoms with E-state index < -0.39 is 5.60 Å². The Hall–Kier alpha value is -3.03. The maximum absolute atomic E-state index is 12.7. The molecule has 0 unspecified atom stereocenters. The molecule has 0 aliphatic carbocycles. The van der Waals surface area contributed by atoms with Crippen molar-refractivity contribution in [3.63, 3.8) is 0 Å². The lowest BCUT2D eigenvalue weighted by Gasteiger charge is -2.31. The molecule has 2 aliphatic rings. The van der Waals surface area contributed by atoms with Crippen LogP contribution in [0.5, 0.6) is 5.75 Å². The fraction of sp³-hybridized carbons (Fsp3) is 0.522. The fourth-order valence-electron chi connectivity index (χ4n) is 4.22. The van der Waals surface area contributed by atoms with Gasteiger partial charge >= 0.3 is 6.09 Å². The molecule has 2 aromatic rings. The van der Waals surface area contributed by atoms with Gasteiger partial charge in [0, 0.05) is 36.5 Å². The fourth-order valence-corrected chi connectivity index (χ4v) is 4.22. The number of carbonyl (C=O) groups is 2. The standard InChI is InChI=1S/C23H30N4O4/c1-14-5-6-15(27(14)22(29)31-23(2,3)4)13-30-20-12-24-9-7-16(20)19-11-17-18(26-19)8-10-25-21(17)28/h7,9,11-12,14-15,26H,5-6,8,10,13H2,1-4H3,(H,25,28)/t14-,15-/m1/s1. The van der Waals surface area contributed by atoms with E-state index in [1.54, 1.807) is 17.3 Å². The van der Waals surface area contributed by atoms with Crippen LogP contribution in [0.15, 0.2) is 24.5 Å². The van der Waals surface area contributed by atoms with E-state index >= 15 is 0 Å². The summed E-state index contributed by atoms with van der Waals surface area (Å²) in [5, 5.41) is 2.86. The van der Waals surface area contributed by atoms with Crippen LogP contribution in [0.1, 0.15) is 56.6 Å². The Morgan fingerprint density at radius 1 is 1.29 bits per heavy atom. The molecule has 2 aromatic heterocycles. The molecule has 166 valence electrons. The number of nitrogens with one attached hydrogen (secondary N) is 2. The summed E-state index contributed by atoms with van der Waals surface area (Å²) in [6.45, 7) is 8.63. The summed E-state index contributed by atoms with van der Waals surface area (Å²) in [6.07, 6.45) is 5.60. The maximum Gasteiger partial charge on any atom is 0.410 e. The van der Waals surface area contributed by atoms with Crippen LogP contribution in [0.2, 0.25) is 0 Å². The van der Waals surface area contributed by atoms with E-state index in [0.717, 1.165) is 36.2 Å². The number of rotatable bonds is 4. The molecule has 2 aliphatic heterocycles. The molecule has 4 heterocycles. The Balaban J connectivity index is 1.51. The van der Waals surface area contributed by atoms with E-state index in [1.165, 1.54) is 0 Å². The van der Waals surface area contributed by atoms with Gasteiger partial charge < -0.3 is 19.8 Å². The smallest absolute Gasteiger partial charge is 0.410 e. The Kier molecular flexibility index (Phi) is 5.64. The molecule has 0 aromatic carbocycles. The van der Waals surface area contributed by atoms with Crippen molar-refractivity contribution in [2.45, 2.75) is 64.6 Å². The molecule has 8 nitrogen and oxygen atoms in total. The first-order valence-electron chi connectivity index (χ1n) is 10.8. The molecule has 0 bridgehead atoms. The summed E-state index contributed by atoms with van der Waals surface area (Å²) in [6, 6.07) is 3.76. The van der Waals surface area contributed by atoms with Gasteiger partial charge in [-0.2, -0.15) is 0 Å². The van der Waals surface area contributed by atoms with Gasteiger partial charge in [0.05, 0.1) is 23.5 Å². The van der Waals surface area contributed by atoms with Crippen molar-refractivity contribution in [1.29, 1.82) is 0 Å². The highest BCUT2D eigenvalue weighted by Gasteiger charge is 2.37. The van der Waals surface area contributed by atoms with E-state index in [9.17, 15) is 9.59 Å². The molecule has 2 atom stereocenters. The van der Waals surface area contributed by atoms with E-state index in [2.05, 4.69) is 15.3 Å². The molecule has 2 N–H and O–H groups in total. The quantitative estimate of drug-likeness (QED) is 0.780. The van der Waals surface area contributed by atoms with Gasteiger partial charge in [-0.05, 0) is 52.7 Å². The van der Waals surface area contributed by atoms with Crippen molar-refractivity contribution in [3.8, 4) is 17.0 Å². The topological polar surface area (TPSA) is 96.5 Å². The minimum Gasteiger partial charge on any atom is -0.489 e. The van der Waals surface area contributed by atoms with Gasteiger partial charge in [-0.25, -0.2) is 4.79 Å². The predicted molar refractivity (Wildman–Crippen MR) is 116 cm³/mol. The number of fused-ring (bicyclic) bond motifs is 1. The SMILES string of the molecule is C[C@@H]1CC[C@H](COc2cnccc2-c2cc3c([nH]2)CCNC3=O)N1C(=O)OC(C)(C)C. The summed E-state index contributed by atoms with van der Waals surface area (Å²) < 4.78 is 11.8. The van der Waals surface area contributed by atoms with E-state index in [1.807, 2.05) is 39.8 Å². The zero-order chi connectivity index (χ0) is 22.2. The molecule has 2 amide bonds. The number of pyridine rings is 1. The van der Waals surface area contributed by atoms with Gasteiger partial charge in [0.15, 0.2) is 0 Å². The third-order valence-electron chi connectivity index (χ3n) is 5.70. The number of aromatic amines is 1. The molecule has 0 saturated carbocycles. The number of H-pyrrole nitrogens is 1. The highest BCUT2D eigenvalue weighted by atomic mass is 16.6. The van der Waals surface area contributed by atoms with E-state index in [-0.39, 0.29) is 24.1 Å². The molecule has 0 radical (unpaired) electrons. The first kappa shape index (κ1) is 21.2. The van der Waals surface area contributed by atoms with Crippen molar-refractivity contribution in [2.24, 2.45) is 0 Å². The van der Waals surface area contributed by atoms with Crippen molar-refractivity contribution in [3.05, 3.63) is 35.8 Å². The largest absolute Gasteiger partial charge is 0.489 e. The first-order chi connectivity index (χ1) is 14.7. The molecule has 31 heavy (non-hydrogen) atoms. The molecule has 0 spiro atoms. The second kappa shape index (κ2) is 8.24. The summed E-state index contributed by atoms with van der Waals surface area (Å²) >= 11 is 0. The Bertz CT molecular complexity index is 978. The van der Waals surface area contributed by atoms with Gasteiger partial charge in [0.25, 0.3) is 5.91 Å². The molecule has 1 fully saturated rings. The van der Waals surface area contributed by atoms with Crippen LogP contribution in [-0.4, -0.2) is 57.7 Å². The third kappa shape index (κ3) is 4.52. The third-order valence-corrected chi connectivity index (χ3v) is 5.70. The van der Waals surface area contributed by atoms with Crippen LogP contribution in [0.25, 0.3) is 11.3 Å². The normalized spacial score (nSPS) is 20.9. The lowest BCUT2D eigenvalue weighted by Crippen LogP contribution is -2.45. The summed E-state index contributed by atoms with van der Waals surface area (Å²) in [7, 11) is 0. The minimum atomic E-state index is -0.541. The monoisotopic (exact) mass is 426 g/mol. The number of aromatic nitrogens is 2. The lowest BCUT2D eigenvalue weighted by molar-refractivity contribution is 0.0118. The molecular weight excluding hydrogens is 396 g/mol. The van der Waals surface area contributed by atoms with Crippen molar-refractivity contribution < 1.29 is 19.1 Å². The average molecular weight is 427 g/mol. The number of hydrogen-bond acceptors (Lipinski definition) is 5. The first-order valence-corrected chi connectivity index (χ1v) is 10.8. The Labute approximate surface area is 182 Å². The second-order valence-electron chi connectivity index (χ2n) is 9.23. The van der Waals surface area contributed by atoms with Gasteiger partial charge in [-0.3, -0.25) is 14.7 Å². The second-order valence-corrected chi connectivity index (χ2v) is 9.23. The van der Waals surface area contributed by atoms with Crippen LogP contribution in [0.4, 0.5) is 4.79 Å². The zero-order valence-corrected chi connectivity index (χ0v) is 18.5. The van der Waals surface area contributed by atoms with Crippen LogP contribution in [-0.2, 0) is 11.2 Å². The molecule has 8 heteroatoms. The Morgan fingerprint density at radius 3 is 2.84 bits per heavy atom. The van der Waals surface area contributed by atoms with Crippen LogP contribution >= 0.6 is 0 Å². The summed E-state index contributed by atoms with van der Waals surface area (Å²) in [5.74, 6) is 0.554. The van der Waals surface area contributed by atoms with Gasteiger partial charge in [-0.15, -0.1) is 0 Å². The number of amides is 2. The molecular formula is C23H30N4O4. The van der Waals surface area contributed by atoms with E-state index in [0.29, 0.717) is 24.5 Å². The number of carbonyl (C=O) groups excluding carboxylic acids is 2. The average Bonchev–Trinajstić information content (AvgIpc) is 3.29. The van der Waals surface area contributed by atoms with Crippen LogP contribution < -0.4 is 10.1 Å². The van der Waals surface area contributed by atoms with Gasteiger partial charge in [-0.1, -0.05) is 0 Å². The van der Waals surface area contributed by atoms with Crippen molar-refractivity contribution in [2.75, 3.05) is 13.2 Å². The summed E-state index contributed by atoms with van der Waals surface area (Å²) in [5.41, 5.74) is 2.72. The van der Waals surface area contributed by atoms with Crippen molar-refractivity contribution >= 4 is 12.0 Å². The van der Waals surface area contributed by atoms with Crippen LogP contribution in [0.3, 0.4) is 0 Å². The number of nitrogens with zero attached hydrogens (tertiary/aromatic N) is 2. The van der Waals surface area contributed by atoms with E-state index in [4.69, 9.17) is 9.47 Å². The van der Waals surface area contributed by atoms with Crippen molar-refractivity contribution in [1.82, 2.24) is 20.2 Å². The van der Waals surface area contributed by atoms with Gasteiger partial charge in [0.2, 0.25) is 0 Å². The Morgan fingerprint density at radius 2 is 2.10 bits per heavy atom. The number of ether oxygens (including phenoxy) is 2. The number of hydrogen-bond donors (Lipinski definition) is 2. The predicted octanol–water partition coefficient (Wildman–Crippen LogP) is 3.53. The number of likely N-dealkylation sites (tertiary alicyclic amines) is 1. The summed E-state index contributed by atoms with van der Waals surface area (Å²) in [4.78, 5) is 34.2. The zero-order valence-electron chi connectivity index (χ0n) is 18.5. The maximum atomic E-state index is 12.7. The highest BCUT2D eigenvalue weighted by Crippen LogP contribution is 2.32. The minimum absolute atomic E-state index is 0.0618. The molecule has 1 saturated heterocycles. The van der Waals surface area contributed by atoms with Crippen LogP contribution in [0, 0.1) is 0 Å². The highest BCUT2D eigenvalue weighted by molar-refractivity contribution is 5.98. The lowest BCUT2D eigenvalue weighted by atomic mass is 10.1. The molecule has 4 rings (SSSR count).